The Bertz CT molecular complexity index is 745. The molecule has 104 valence electrons. The molecule has 3 rings (SSSR count). The summed E-state index contributed by atoms with van der Waals surface area (Å²) in [4.78, 5) is 8.53. The van der Waals surface area contributed by atoms with Crippen molar-refractivity contribution in [2.75, 3.05) is 0 Å². The van der Waals surface area contributed by atoms with Gasteiger partial charge in [0.05, 0.1) is 17.7 Å². The van der Waals surface area contributed by atoms with E-state index in [2.05, 4.69) is 16.5 Å². The Morgan fingerprint density at radius 2 is 1.76 bits per heavy atom. The van der Waals surface area contributed by atoms with Gasteiger partial charge in [-0.2, -0.15) is 0 Å². The van der Waals surface area contributed by atoms with E-state index in [1.54, 1.807) is 30.9 Å². The lowest BCUT2D eigenvalue weighted by molar-refractivity contribution is 0.628. The van der Waals surface area contributed by atoms with Crippen molar-refractivity contribution < 1.29 is 4.39 Å². The molecule has 0 fully saturated rings. The van der Waals surface area contributed by atoms with E-state index in [1.165, 1.54) is 12.1 Å². The monoisotopic (exact) mass is 279 g/mol. The Morgan fingerprint density at radius 1 is 1.05 bits per heavy atom. The number of rotatable bonds is 4. The number of benzene rings is 1. The van der Waals surface area contributed by atoms with Crippen molar-refractivity contribution in [3.63, 3.8) is 0 Å². The van der Waals surface area contributed by atoms with Crippen molar-refractivity contribution >= 4 is 0 Å². The van der Waals surface area contributed by atoms with E-state index in [1.807, 2.05) is 22.8 Å². The fourth-order valence-corrected chi connectivity index (χ4v) is 2.29. The summed E-state index contributed by atoms with van der Waals surface area (Å²) in [6, 6.07) is 10.2. The molecular formula is C17H14FN3. The van der Waals surface area contributed by atoms with Crippen LogP contribution < -0.4 is 0 Å². The van der Waals surface area contributed by atoms with Crippen molar-refractivity contribution in [3.8, 4) is 22.5 Å². The van der Waals surface area contributed by atoms with Gasteiger partial charge in [-0.25, -0.2) is 9.37 Å². The highest BCUT2D eigenvalue weighted by Gasteiger charge is 2.14. The molecule has 0 atom stereocenters. The van der Waals surface area contributed by atoms with Gasteiger partial charge in [0.1, 0.15) is 5.82 Å². The molecule has 0 bridgehead atoms. The molecule has 2 heterocycles. The summed E-state index contributed by atoms with van der Waals surface area (Å²) < 4.78 is 15.1. The fourth-order valence-electron chi connectivity index (χ4n) is 2.29. The van der Waals surface area contributed by atoms with Gasteiger partial charge in [0.25, 0.3) is 0 Å². The predicted octanol–water partition coefficient (Wildman–Crippen LogP) is 3.94. The fraction of sp³-hybridized carbons (Fsp3) is 0.0588. The first-order valence-corrected chi connectivity index (χ1v) is 6.62. The van der Waals surface area contributed by atoms with Crippen LogP contribution >= 0.6 is 0 Å². The zero-order valence-electron chi connectivity index (χ0n) is 11.4. The normalized spacial score (nSPS) is 10.5. The minimum atomic E-state index is -0.255. The van der Waals surface area contributed by atoms with Crippen molar-refractivity contribution in [1.29, 1.82) is 0 Å². The van der Waals surface area contributed by atoms with E-state index in [0.717, 1.165) is 22.5 Å². The average Bonchev–Trinajstić information content (AvgIpc) is 2.93. The Labute approximate surface area is 122 Å². The van der Waals surface area contributed by atoms with Gasteiger partial charge >= 0.3 is 0 Å². The van der Waals surface area contributed by atoms with Crippen LogP contribution in [0, 0.1) is 5.82 Å². The van der Waals surface area contributed by atoms with Gasteiger partial charge in [-0.1, -0.05) is 6.08 Å². The van der Waals surface area contributed by atoms with Crippen molar-refractivity contribution in [2.24, 2.45) is 0 Å². The highest BCUT2D eigenvalue weighted by atomic mass is 19.1. The molecule has 0 aliphatic carbocycles. The maximum absolute atomic E-state index is 13.1. The Kier molecular flexibility index (Phi) is 3.60. The standard InChI is InChI=1S/C17H14FN3/c1-2-11-21-12-20-16(13-3-5-15(18)6-4-13)17(21)14-7-9-19-10-8-14/h2-10,12H,1,11H2. The van der Waals surface area contributed by atoms with Crippen LogP contribution in [0.1, 0.15) is 0 Å². The summed E-state index contributed by atoms with van der Waals surface area (Å²) in [6.07, 6.45) is 7.08. The lowest BCUT2D eigenvalue weighted by Gasteiger charge is -2.08. The van der Waals surface area contributed by atoms with Crippen molar-refractivity contribution in [1.82, 2.24) is 14.5 Å². The molecule has 2 aromatic heterocycles. The van der Waals surface area contributed by atoms with Crippen LogP contribution in [0.4, 0.5) is 4.39 Å². The molecule has 0 spiro atoms. The van der Waals surface area contributed by atoms with Gasteiger partial charge in [0.2, 0.25) is 0 Å². The van der Waals surface area contributed by atoms with E-state index in [9.17, 15) is 4.39 Å². The first-order chi connectivity index (χ1) is 10.3. The summed E-state index contributed by atoms with van der Waals surface area (Å²) >= 11 is 0. The Balaban J connectivity index is 2.17. The number of halogens is 1. The summed E-state index contributed by atoms with van der Waals surface area (Å²) in [5.74, 6) is -0.255. The molecule has 0 saturated heterocycles. The molecule has 3 aromatic rings. The summed E-state index contributed by atoms with van der Waals surface area (Å²) in [6.45, 7) is 4.43. The van der Waals surface area contributed by atoms with Crippen LogP contribution in [0.5, 0.6) is 0 Å². The van der Waals surface area contributed by atoms with E-state index >= 15 is 0 Å². The van der Waals surface area contributed by atoms with E-state index < -0.39 is 0 Å². The van der Waals surface area contributed by atoms with Crippen LogP contribution in [-0.4, -0.2) is 14.5 Å². The lowest BCUT2D eigenvalue weighted by atomic mass is 10.1. The first-order valence-electron chi connectivity index (χ1n) is 6.62. The SMILES string of the molecule is C=CCn1cnc(-c2ccc(F)cc2)c1-c1ccncc1. The lowest BCUT2D eigenvalue weighted by Crippen LogP contribution is -1.97. The van der Waals surface area contributed by atoms with Crippen LogP contribution in [0.25, 0.3) is 22.5 Å². The summed E-state index contributed by atoms with van der Waals surface area (Å²) in [7, 11) is 0. The second-order valence-corrected chi connectivity index (χ2v) is 4.63. The van der Waals surface area contributed by atoms with E-state index in [4.69, 9.17) is 0 Å². The molecule has 0 radical (unpaired) electrons. The largest absolute Gasteiger partial charge is 0.326 e. The summed E-state index contributed by atoms with van der Waals surface area (Å²) in [5, 5.41) is 0. The molecule has 0 unspecified atom stereocenters. The molecule has 0 aliphatic rings. The third-order valence-electron chi connectivity index (χ3n) is 3.23. The number of nitrogens with zero attached hydrogens (tertiary/aromatic N) is 3. The zero-order chi connectivity index (χ0) is 14.7. The molecular weight excluding hydrogens is 265 g/mol. The molecule has 4 heteroatoms. The predicted molar refractivity (Wildman–Crippen MR) is 81.0 cm³/mol. The van der Waals surface area contributed by atoms with Gasteiger partial charge in [-0.3, -0.25) is 4.98 Å². The van der Waals surface area contributed by atoms with Crippen LogP contribution in [0.15, 0.2) is 67.8 Å². The molecule has 0 saturated carbocycles. The number of allylic oxidation sites excluding steroid dienone is 1. The van der Waals surface area contributed by atoms with Crippen LogP contribution in [0.2, 0.25) is 0 Å². The molecule has 0 aliphatic heterocycles. The van der Waals surface area contributed by atoms with Crippen LogP contribution in [0.3, 0.4) is 0 Å². The minimum absolute atomic E-state index is 0.255. The van der Waals surface area contributed by atoms with Gasteiger partial charge in [-0.05, 0) is 36.4 Å². The van der Waals surface area contributed by atoms with Gasteiger partial charge in [0.15, 0.2) is 0 Å². The quantitative estimate of drug-likeness (QED) is 0.677. The van der Waals surface area contributed by atoms with E-state index in [-0.39, 0.29) is 5.82 Å². The molecule has 21 heavy (non-hydrogen) atoms. The average molecular weight is 279 g/mol. The minimum Gasteiger partial charge on any atom is -0.326 e. The topological polar surface area (TPSA) is 30.7 Å². The van der Waals surface area contributed by atoms with Gasteiger partial charge in [-0.15, -0.1) is 6.58 Å². The van der Waals surface area contributed by atoms with Crippen molar-refractivity contribution in [3.05, 3.63) is 73.6 Å². The summed E-state index contributed by atoms with van der Waals surface area (Å²) in [5.41, 5.74) is 3.70. The second kappa shape index (κ2) is 5.71. The molecule has 3 nitrogen and oxygen atoms in total. The smallest absolute Gasteiger partial charge is 0.123 e. The Morgan fingerprint density at radius 3 is 2.43 bits per heavy atom. The zero-order valence-corrected chi connectivity index (χ0v) is 11.4. The van der Waals surface area contributed by atoms with Crippen molar-refractivity contribution in [2.45, 2.75) is 6.54 Å². The highest BCUT2D eigenvalue weighted by Crippen LogP contribution is 2.31. The van der Waals surface area contributed by atoms with Crippen LogP contribution in [-0.2, 0) is 6.54 Å². The van der Waals surface area contributed by atoms with E-state index in [0.29, 0.717) is 6.54 Å². The molecule has 0 amide bonds. The van der Waals surface area contributed by atoms with Gasteiger partial charge < -0.3 is 4.57 Å². The maximum atomic E-state index is 13.1. The van der Waals surface area contributed by atoms with Gasteiger partial charge in [0, 0.05) is 30.1 Å². The second-order valence-electron chi connectivity index (χ2n) is 4.63. The number of hydrogen-bond acceptors (Lipinski definition) is 2. The number of pyridine rings is 1. The Hall–Kier alpha value is -2.75. The third-order valence-corrected chi connectivity index (χ3v) is 3.23. The number of imidazole rings is 1. The highest BCUT2D eigenvalue weighted by molar-refractivity contribution is 5.78. The first kappa shape index (κ1) is 13.2. The molecule has 0 N–H and O–H groups in total. The maximum Gasteiger partial charge on any atom is 0.123 e. The molecule has 1 aromatic carbocycles. The number of aromatic nitrogens is 3. The third kappa shape index (κ3) is 2.60. The number of hydrogen-bond donors (Lipinski definition) is 0.